The number of fused-ring (bicyclic) bond motifs is 1. The lowest BCUT2D eigenvalue weighted by molar-refractivity contribution is 0.100. The zero-order chi connectivity index (χ0) is 17.8. The molecule has 0 aliphatic carbocycles. The van der Waals surface area contributed by atoms with Crippen molar-refractivity contribution in [3.05, 3.63) is 71.7 Å². The molecule has 0 fully saturated rings. The first kappa shape index (κ1) is 16.9. The lowest BCUT2D eigenvalue weighted by atomic mass is 10.0. The number of carbonyl (C=O) groups is 1. The maximum atomic E-state index is 13.6. The lowest BCUT2D eigenvalue weighted by Crippen LogP contribution is -2.24. The van der Waals surface area contributed by atoms with Gasteiger partial charge in [0, 0.05) is 23.8 Å². The third-order valence-electron chi connectivity index (χ3n) is 4.02. The van der Waals surface area contributed by atoms with Crippen molar-refractivity contribution in [3.8, 4) is 0 Å². The fourth-order valence-electron chi connectivity index (χ4n) is 2.86. The van der Waals surface area contributed by atoms with Crippen molar-refractivity contribution >= 4 is 22.5 Å². The monoisotopic (exact) mass is 338 g/mol. The Kier molecular flexibility index (Phi) is 4.90. The van der Waals surface area contributed by atoms with E-state index < -0.39 is 5.91 Å². The summed E-state index contributed by atoms with van der Waals surface area (Å²) in [7, 11) is 1.84. The summed E-state index contributed by atoms with van der Waals surface area (Å²) in [6, 6.07) is 13.5. The van der Waals surface area contributed by atoms with Gasteiger partial charge in [0.2, 0.25) is 0 Å². The molecule has 0 spiro atoms. The van der Waals surface area contributed by atoms with Gasteiger partial charge in [-0.2, -0.15) is 0 Å². The van der Waals surface area contributed by atoms with Crippen LogP contribution in [0.15, 0.2) is 54.7 Å². The quantitative estimate of drug-likeness (QED) is 0.646. The zero-order valence-electron chi connectivity index (χ0n) is 13.8. The third-order valence-corrected chi connectivity index (χ3v) is 4.02. The van der Waals surface area contributed by atoms with E-state index in [-0.39, 0.29) is 11.9 Å². The first-order valence-corrected chi connectivity index (χ1v) is 7.94. The maximum absolute atomic E-state index is 13.6. The van der Waals surface area contributed by atoms with Gasteiger partial charge in [0.15, 0.2) is 0 Å². The molecule has 1 heterocycles. The van der Waals surface area contributed by atoms with E-state index in [9.17, 15) is 9.18 Å². The van der Waals surface area contributed by atoms with Crippen molar-refractivity contribution in [3.63, 3.8) is 0 Å². The number of hydrogen-bond acceptors (Lipinski definition) is 4. The molecule has 0 aliphatic heterocycles. The van der Waals surface area contributed by atoms with Crippen molar-refractivity contribution < 1.29 is 9.18 Å². The molecule has 2 aromatic carbocycles. The number of anilines is 1. The molecular weight excluding hydrogens is 319 g/mol. The number of aromatic nitrogens is 1. The van der Waals surface area contributed by atoms with Crippen molar-refractivity contribution in [2.75, 3.05) is 18.9 Å². The van der Waals surface area contributed by atoms with Crippen molar-refractivity contribution in [2.24, 2.45) is 5.73 Å². The summed E-state index contributed by atoms with van der Waals surface area (Å²) in [6.07, 6.45) is 1.62. The number of nitrogens with one attached hydrogen (secondary N) is 2. The van der Waals surface area contributed by atoms with Crippen molar-refractivity contribution in [1.29, 1.82) is 0 Å². The number of carbonyl (C=O) groups excluding carboxylic acids is 1. The van der Waals surface area contributed by atoms with E-state index in [1.54, 1.807) is 30.5 Å². The Balaban J connectivity index is 2.03. The van der Waals surface area contributed by atoms with Crippen LogP contribution in [0.25, 0.3) is 10.9 Å². The number of hydrogen-bond donors (Lipinski definition) is 3. The molecule has 1 aromatic heterocycles. The summed E-state index contributed by atoms with van der Waals surface area (Å²) in [4.78, 5) is 15.9. The molecular formula is C19H19FN4O. The number of pyridine rings is 1. The Hall–Kier alpha value is -2.99. The van der Waals surface area contributed by atoms with E-state index >= 15 is 0 Å². The Morgan fingerprint density at radius 3 is 2.80 bits per heavy atom. The molecule has 128 valence electrons. The van der Waals surface area contributed by atoms with Crippen molar-refractivity contribution in [1.82, 2.24) is 10.3 Å². The van der Waals surface area contributed by atoms with Crippen LogP contribution in [0.3, 0.4) is 0 Å². The minimum absolute atomic E-state index is 0.150. The van der Waals surface area contributed by atoms with Gasteiger partial charge in [0.05, 0.1) is 17.1 Å². The van der Waals surface area contributed by atoms with Gasteiger partial charge in [0.1, 0.15) is 5.82 Å². The van der Waals surface area contributed by atoms with Crippen LogP contribution in [0.2, 0.25) is 0 Å². The second-order valence-electron chi connectivity index (χ2n) is 5.73. The van der Waals surface area contributed by atoms with Crippen LogP contribution in [0, 0.1) is 5.82 Å². The molecule has 0 saturated heterocycles. The Morgan fingerprint density at radius 1 is 1.24 bits per heavy atom. The summed E-state index contributed by atoms with van der Waals surface area (Å²) in [5.74, 6) is -0.803. The summed E-state index contributed by atoms with van der Waals surface area (Å²) in [5.41, 5.74) is 7.98. The van der Waals surface area contributed by atoms with Crippen LogP contribution in [0.1, 0.15) is 22.0 Å². The predicted molar refractivity (Wildman–Crippen MR) is 97.0 cm³/mol. The standard InChI is InChI=1S/C19H19FN4O/c1-22-11-17(12-4-2-5-13(20)10-12)24-16-8-7-15(19(21)25)18-14(16)6-3-9-23-18/h2-10,17,22,24H,11H2,1H3,(H2,21,25)/t17-/m1/s1. The molecule has 25 heavy (non-hydrogen) atoms. The smallest absolute Gasteiger partial charge is 0.250 e. The SMILES string of the molecule is CNC[C@@H](Nc1ccc(C(N)=O)c2ncccc12)c1cccc(F)c1. The summed E-state index contributed by atoms with van der Waals surface area (Å²) >= 11 is 0. The van der Waals surface area contributed by atoms with Crippen LogP contribution >= 0.6 is 0 Å². The van der Waals surface area contributed by atoms with E-state index in [0.717, 1.165) is 16.6 Å². The highest BCUT2D eigenvalue weighted by Crippen LogP contribution is 2.28. The number of benzene rings is 2. The molecule has 1 atom stereocenters. The molecule has 3 aromatic rings. The van der Waals surface area contributed by atoms with Crippen LogP contribution in [0.4, 0.5) is 10.1 Å². The molecule has 0 saturated carbocycles. The Morgan fingerprint density at radius 2 is 2.08 bits per heavy atom. The van der Waals surface area contributed by atoms with Crippen LogP contribution in [-0.4, -0.2) is 24.5 Å². The highest BCUT2D eigenvalue weighted by Gasteiger charge is 2.15. The van der Waals surface area contributed by atoms with Gasteiger partial charge >= 0.3 is 0 Å². The molecule has 1 amide bonds. The molecule has 0 bridgehead atoms. The lowest BCUT2D eigenvalue weighted by Gasteiger charge is -2.21. The van der Waals surface area contributed by atoms with Crippen LogP contribution < -0.4 is 16.4 Å². The number of likely N-dealkylation sites (N-methyl/N-ethyl adjacent to an activating group) is 1. The molecule has 4 N–H and O–H groups in total. The van der Waals surface area contributed by atoms with Gasteiger partial charge in [-0.3, -0.25) is 9.78 Å². The first-order chi connectivity index (χ1) is 12.1. The summed E-state index contributed by atoms with van der Waals surface area (Å²) < 4.78 is 13.6. The van der Waals surface area contributed by atoms with Crippen molar-refractivity contribution in [2.45, 2.75) is 6.04 Å². The Bertz CT molecular complexity index is 913. The van der Waals surface area contributed by atoms with Gasteiger partial charge < -0.3 is 16.4 Å². The topological polar surface area (TPSA) is 80.0 Å². The second-order valence-corrected chi connectivity index (χ2v) is 5.73. The van der Waals surface area contributed by atoms with Crippen LogP contribution in [0.5, 0.6) is 0 Å². The molecule has 3 rings (SSSR count). The number of nitrogens with two attached hydrogens (primary N) is 1. The molecule has 6 heteroatoms. The van der Waals surface area contributed by atoms with Crippen LogP contribution in [-0.2, 0) is 0 Å². The molecule has 0 unspecified atom stereocenters. The zero-order valence-corrected chi connectivity index (χ0v) is 13.8. The first-order valence-electron chi connectivity index (χ1n) is 7.94. The highest BCUT2D eigenvalue weighted by molar-refractivity contribution is 6.08. The number of nitrogens with zero attached hydrogens (tertiary/aromatic N) is 1. The fraction of sp³-hybridized carbons (Fsp3) is 0.158. The third kappa shape index (κ3) is 3.59. The maximum Gasteiger partial charge on any atom is 0.250 e. The van der Waals surface area contributed by atoms with Gasteiger partial charge in [-0.25, -0.2) is 4.39 Å². The normalized spacial score (nSPS) is 12.1. The summed E-state index contributed by atoms with van der Waals surface area (Å²) in [6.45, 7) is 0.600. The summed E-state index contributed by atoms with van der Waals surface area (Å²) in [5, 5.41) is 7.31. The highest BCUT2D eigenvalue weighted by atomic mass is 19.1. The van der Waals surface area contributed by atoms with Gasteiger partial charge in [0.25, 0.3) is 5.91 Å². The van der Waals surface area contributed by atoms with Gasteiger partial charge in [-0.1, -0.05) is 12.1 Å². The van der Waals surface area contributed by atoms with E-state index in [4.69, 9.17) is 5.73 Å². The fourth-order valence-corrected chi connectivity index (χ4v) is 2.86. The molecule has 0 aliphatic rings. The van der Waals surface area contributed by atoms with E-state index in [1.807, 2.05) is 19.2 Å². The number of amides is 1. The van der Waals surface area contributed by atoms with E-state index in [2.05, 4.69) is 15.6 Å². The number of halogens is 1. The Labute approximate surface area is 145 Å². The minimum Gasteiger partial charge on any atom is -0.376 e. The average molecular weight is 338 g/mol. The number of rotatable bonds is 6. The second kappa shape index (κ2) is 7.27. The largest absolute Gasteiger partial charge is 0.376 e. The van der Waals surface area contributed by atoms with E-state index in [0.29, 0.717) is 17.6 Å². The molecule has 0 radical (unpaired) electrons. The van der Waals surface area contributed by atoms with Gasteiger partial charge in [-0.15, -0.1) is 0 Å². The average Bonchev–Trinajstić information content (AvgIpc) is 2.61. The minimum atomic E-state index is -0.521. The van der Waals surface area contributed by atoms with Gasteiger partial charge in [-0.05, 0) is 49.0 Å². The van der Waals surface area contributed by atoms with E-state index in [1.165, 1.54) is 12.1 Å². The molecule has 5 nitrogen and oxygen atoms in total. The predicted octanol–water partition coefficient (Wildman–Crippen LogP) is 2.85. The number of primary amides is 1.